The Hall–Kier alpha value is -10.4. The van der Waals surface area contributed by atoms with Gasteiger partial charge in [0.15, 0.2) is 17.2 Å². The second-order valence-electron chi connectivity index (χ2n) is 46.5. The average molecular weight is 2000 g/mol. The molecular weight excluding hydrogens is 1830 g/mol. The highest BCUT2D eigenvalue weighted by atomic mass is 19.3. The van der Waals surface area contributed by atoms with E-state index < -0.39 is 23.4 Å². The zero-order valence-electron chi connectivity index (χ0n) is 92.4. The Kier molecular flexibility index (Phi) is 37.3. The summed E-state index contributed by atoms with van der Waals surface area (Å²) >= 11 is 0. The van der Waals surface area contributed by atoms with Gasteiger partial charge in [-0.1, -0.05) is 250 Å². The van der Waals surface area contributed by atoms with Crippen LogP contribution in [0.15, 0.2) is 97.1 Å². The van der Waals surface area contributed by atoms with E-state index in [4.69, 9.17) is 0 Å². The van der Waals surface area contributed by atoms with Gasteiger partial charge in [0.05, 0.1) is 63.5 Å². The van der Waals surface area contributed by atoms with Crippen LogP contribution in [0.5, 0.6) is 0 Å². The first-order valence-electron chi connectivity index (χ1n) is 55.1. The molecule has 8 heterocycles. The van der Waals surface area contributed by atoms with Gasteiger partial charge < -0.3 is 4.90 Å². The fraction of sp³-hybridized carbons (Fsp3) is 0.655. The molecule has 8 atom stereocenters. The highest BCUT2D eigenvalue weighted by Crippen LogP contribution is 2.57. The van der Waals surface area contributed by atoms with Crippen LogP contribution in [0.25, 0.3) is 45.0 Å². The summed E-state index contributed by atoms with van der Waals surface area (Å²) in [5.74, 6) is -0.147. The van der Waals surface area contributed by atoms with E-state index in [2.05, 4.69) is 258 Å². The summed E-state index contributed by atoms with van der Waals surface area (Å²) in [6.07, 6.45) is 21.2. The summed E-state index contributed by atoms with van der Waals surface area (Å²) < 4.78 is 86.8. The van der Waals surface area contributed by atoms with Crippen LogP contribution >= 0.6 is 0 Å². The van der Waals surface area contributed by atoms with Gasteiger partial charge in [-0.05, 0) is 294 Å². The molecule has 0 saturated heterocycles. The van der Waals surface area contributed by atoms with Crippen LogP contribution in [0, 0.1) is 71.0 Å². The molecular formula is C116H169F5N22O2. The van der Waals surface area contributed by atoms with Crippen molar-refractivity contribution >= 4 is 17.4 Å². The molecule has 1 amide bonds. The Morgan fingerprint density at radius 3 is 1.34 bits per heavy atom. The van der Waals surface area contributed by atoms with Gasteiger partial charge in [0.1, 0.15) is 17.1 Å². The number of aryl methyl sites for hydroxylation is 1. The highest BCUT2D eigenvalue weighted by molar-refractivity contribution is 6.01. The molecule has 24 nitrogen and oxygen atoms in total. The molecule has 4 aromatic carbocycles. The minimum Gasteiger partial charge on any atom is -0.307 e. The van der Waals surface area contributed by atoms with Gasteiger partial charge in [-0.25, -0.2) is 37.2 Å². The van der Waals surface area contributed by atoms with Crippen LogP contribution in [0.1, 0.15) is 424 Å². The topological polar surface area (TPSA) is 252 Å². The molecule has 0 bridgehead atoms. The maximum atomic E-state index is 15.5. The molecule has 8 aliphatic rings. The van der Waals surface area contributed by atoms with Crippen LogP contribution in [-0.2, 0) is 78.6 Å². The van der Waals surface area contributed by atoms with Gasteiger partial charge in [-0.3, -0.25) is 9.59 Å². The number of para-hydroxylation sites is 1. The van der Waals surface area contributed by atoms with Crippen LogP contribution in [0.2, 0.25) is 0 Å². The van der Waals surface area contributed by atoms with Crippen molar-refractivity contribution in [1.82, 2.24) is 105 Å². The van der Waals surface area contributed by atoms with Crippen molar-refractivity contribution in [1.29, 1.82) is 0 Å². The molecule has 0 N–H and O–H groups in total. The average Bonchev–Trinajstić information content (AvgIpc) is 1.67. The number of aromatic nitrogens is 21. The summed E-state index contributed by atoms with van der Waals surface area (Å²) in [5, 5.41) is 59.4. The Morgan fingerprint density at radius 1 is 0.345 bits per heavy atom. The molecule has 29 heteroatoms. The number of rotatable bonds is 15. The van der Waals surface area contributed by atoms with E-state index in [1.54, 1.807) is 27.9 Å². The summed E-state index contributed by atoms with van der Waals surface area (Å²) in [6, 6.07) is 35.3. The van der Waals surface area contributed by atoms with Gasteiger partial charge in [0.25, 0.3) is 11.8 Å². The van der Waals surface area contributed by atoms with E-state index in [1.807, 2.05) is 115 Å². The number of carbonyl (C=O) groups excluding carboxylic acids is 2. The molecule has 8 unspecified atom stereocenters. The number of hydrogen-bond donors (Lipinski definition) is 0. The quantitative estimate of drug-likeness (QED) is 0.0865. The van der Waals surface area contributed by atoms with Crippen LogP contribution in [-0.4, -0.2) is 117 Å². The first kappa shape index (κ1) is 112. The third-order valence-corrected chi connectivity index (χ3v) is 31.4. The lowest BCUT2D eigenvalue weighted by Gasteiger charge is -2.31. The minimum atomic E-state index is -2.86. The number of benzene rings is 4. The summed E-state index contributed by atoms with van der Waals surface area (Å²) in [4.78, 5) is 27.3. The lowest BCUT2D eigenvalue weighted by atomic mass is 9.77. The monoisotopic (exact) mass is 2000 g/mol. The number of halogens is 5. The number of amides is 1. The van der Waals surface area contributed by atoms with Crippen LogP contribution in [0.4, 0.5) is 27.6 Å². The van der Waals surface area contributed by atoms with Gasteiger partial charge in [0.2, 0.25) is 11.6 Å². The van der Waals surface area contributed by atoms with Crippen molar-refractivity contribution in [3.05, 3.63) is 171 Å². The fourth-order valence-corrected chi connectivity index (χ4v) is 23.4. The lowest BCUT2D eigenvalue weighted by molar-refractivity contribution is -0.135. The molecule has 0 radical (unpaired) electrons. The van der Waals surface area contributed by atoms with E-state index in [-0.39, 0.29) is 89.6 Å². The van der Waals surface area contributed by atoms with Crippen molar-refractivity contribution in [3.8, 4) is 45.0 Å². The normalized spacial score (nSPS) is 20.9. The van der Waals surface area contributed by atoms with Crippen LogP contribution in [0.3, 0.4) is 0 Å². The second kappa shape index (κ2) is 48.3. The number of carbonyl (C=O) groups is 2. The fourth-order valence-electron chi connectivity index (χ4n) is 23.4. The molecule has 19 rings (SSSR count). The number of Topliss-reactive ketones (excluding diaryl/α,β-unsaturated/α-hetero) is 1. The Morgan fingerprint density at radius 2 is 0.786 bits per heavy atom. The number of hydrogen-bond acceptors (Lipinski definition) is 16. The number of nitrogens with zero attached hydrogens (tertiary/aromatic N) is 22. The zero-order chi connectivity index (χ0) is 105. The summed E-state index contributed by atoms with van der Waals surface area (Å²) in [5.41, 5.74) is 18.9. The van der Waals surface area contributed by atoms with E-state index in [0.717, 1.165) is 139 Å². The molecule has 790 valence electrons. The molecule has 0 spiro atoms. The molecule has 7 aliphatic carbocycles. The first-order valence-corrected chi connectivity index (χ1v) is 55.1. The molecule has 7 aromatic heterocycles. The maximum absolute atomic E-state index is 15.5. The predicted octanol–water partition coefficient (Wildman–Crippen LogP) is 28.4. The molecule has 1 fully saturated rings. The number of fused-ring (bicyclic) bond motifs is 16. The highest BCUT2D eigenvalue weighted by Gasteiger charge is 2.53. The van der Waals surface area contributed by atoms with Crippen LogP contribution < -0.4 is 4.90 Å². The van der Waals surface area contributed by atoms with E-state index >= 15 is 4.39 Å². The van der Waals surface area contributed by atoms with Crippen molar-refractivity contribution < 1.29 is 31.5 Å². The van der Waals surface area contributed by atoms with Crippen molar-refractivity contribution in [2.45, 2.75) is 420 Å². The van der Waals surface area contributed by atoms with E-state index in [1.165, 1.54) is 90.0 Å². The Bertz CT molecular complexity index is 6070. The first-order chi connectivity index (χ1) is 68.8. The van der Waals surface area contributed by atoms with Crippen molar-refractivity contribution in [2.24, 2.45) is 71.0 Å². The van der Waals surface area contributed by atoms with E-state index in [0.29, 0.717) is 91.2 Å². The number of alkyl halides is 5. The van der Waals surface area contributed by atoms with Gasteiger partial charge >= 0.3 is 0 Å². The molecule has 1 saturated carbocycles. The van der Waals surface area contributed by atoms with Gasteiger partial charge in [0, 0.05) is 94.6 Å². The Labute approximate surface area is 860 Å². The SMILES string of the molecule is CC(C)C(=O)C1(F)CCCCCc2c1nnn2C(C)C.CC(C)C(=O)N1Cc2ccccc2-c2c(nnn2C(C)C)-c2ccccc21.CC(C)C1C2CCc3nnn(C(C)C)c3CCC21.CC(C)C1CCCCCc2c1nnn2C(C)C.CC(C)C1CCCCc2c(nnn2C(C)C)C1(F)F.CC(C)C1CCc2c(nnn2C(C)C)C(F)(F)CC1.CC(C)C1Cc2ccccc2-c2c(nnn2C(C)C)-c2ccccc21. The third-order valence-electron chi connectivity index (χ3n) is 31.4. The van der Waals surface area contributed by atoms with Crippen molar-refractivity contribution in [2.75, 3.05) is 4.90 Å². The minimum absolute atomic E-state index is 0.0508. The largest absolute Gasteiger partial charge is 0.307 e. The van der Waals surface area contributed by atoms with Crippen molar-refractivity contribution in [3.63, 3.8) is 0 Å². The zero-order valence-corrected chi connectivity index (χ0v) is 92.4. The predicted molar refractivity (Wildman–Crippen MR) is 568 cm³/mol. The molecule has 1 aliphatic heterocycles. The van der Waals surface area contributed by atoms with Gasteiger partial charge in [-0.2, -0.15) is 17.6 Å². The molecule has 145 heavy (non-hydrogen) atoms. The van der Waals surface area contributed by atoms with E-state index in [9.17, 15) is 27.2 Å². The summed E-state index contributed by atoms with van der Waals surface area (Å²) in [7, 11) is 0. The second-order valence-corrected chi connectivity index (χ2v) is 46.5. The third kappa shape index (κ3) is 24.8. The number of anilines is 1. The maximum Gasteiger partial charge on any atom is 0.296 e. The lowest BCUT2D eigenvalue weighted by Crippen LogP contribution is -2.36. The molecule has 11 aromatic rings. The standard InChI is InChI=1S/C22H24N4O.C22H25N3.C15H24FN3O.C15H25N3.2C14H23F2N3.C14H25N3/c1-14(2)22(27)25-13-16-9-5-6-10-17(16)21-20(23-24-26(21)15(3)4)18-11-7-8-12-19(18)25;1-14(2)20-13-16-9-5-6-10-17(16)22-21(23-24-25(22)15(3)4)19-12-8-7-11-18(19)20;1-10(2)14(20)15(16)9-7-5-6-8-12-13(15)17-18-19(12)11(3)4;1-9(2)15-11-5-7-13-14(8-6-12(11)15)18(10(3)4)17-16-13;1-9(2)11-5-6-12-13(14(15,16)8-7-11)17-18-19(12)10(3)4;1-9(2)11-7-5-6-8-12-13(14(11,15)16)17-18-19(12)10(3)4;1-10(2)12-8-6-5-7-9-13-14(12)15-16-17(13)11(3)4/h5-12,14-15H,13H2,1-4H3;5-12,14-15,20H,13H2,1-4H3;10-11H,5-9H2,1-4H3;9-12,15H,5-8H2,1-4H3;2*9-11H,5-8H2,1-4H3;10-12H,5-9H2,1-4H3. The smallest absolute Gasteiger partial charge is 0.296 e. The Balaban J connectivity index is 0.000000143. The van der Waals surface area contributed by atoms with Gasteiger partial charge in [-0.15, -0.1) is 35.7 Å². The summed E-state index contributed by atoms with van der Waals surface area (Å²) in [6.45, 7) is 59.0. The number of ketones is 1.